The maximum absolute atomic E-state index is 5.49. The second-order valence-electron chi connectivity index (χ2n) is 4.83. The lowest BCUT2D eigenvalue weighted by atomic mass is 10.2. The van der Waals surface area contributed by atoms with Crippen LogP contribution in [0.25, 0.3) is 0 Å². The quantitative estimate of drug-likeness (QED) is 0.778. The van der Waals surface area contributed by atoms with E-state index in [1.54, 1.807) is 11.3 Å². The summed E-state index contributed by atoms with van der Waals surface area (Å²) in [6.45, 7) is 6.70. The van der Waals surface area contributed by atoms with Gasteiger partial charge in [0, 0.05) is 6.54 Å². The Hall–Kier alpha value is -1.40. The van der Waals surface area contributed by atoms with Crippen LogP contribution >= 0.6 is 11.3 Å². The van der Waals surface area contributed by atoms with Crippen molar-refractivity contribution in [1.29, 1.82) is 0 Å². The molecule has 2 N–H and O–H groups in total. The Labute approximate surface area is 117 Å². The molecule has 5 nitrogen and oxygen atoms in total. The Morgan fingerprint density at radius 3 is 3.00 bits per heavy atom. The van der Waals surface area contributed by atoms with E-state index in [0.29, 0.717) is 24.4 Å². The number of anilines is 1. The highest BCUT2D eigenvalue weighted by molar-refractivity contribution is 7.07. The zero-order chi connectivity index (χ0) is 13.5. The zero-order valence-electron chi connectivity index (χ0n) is 11.3. The highest BCUT2D eigenvalue weighted by Gasteiger charge is 2.05. The van der Waals surface area contributed by atoms with Crippen LogP contribution in [-0.4, -0.2) is 23.3 Å². The molecule has 6 heteroatoms. The van der Waals surface area contributed by atoms with Crippen LogP contribution in [-0.2, 0) is 13.0 Å². The fourth-order valence-electron chi connectivity index (χ4n) is 1.61. The minimum Gasteiger partial charge on any atom is -0.407 e. The third-order valence-corrected chi connectivity index (χ3v) is 3.30. The van der Waals surface area contributed by atoms with Crippen molar-refractivity contribution in [1.82, 2.24) is 15.5 Å². The molecule has 19 heavy (non-hydrogen) atoms. The lowest BCUT2D eigenvalue weighted by molar-refractivity contribution is 0.458. The summed E-state index contributed by atoms with van der Waals surface area (Å²) in [6, 6.07) is 2.62. The maximum Gasteiger partial charge on any atom is 0.315 e. The highest BCUT2D eigenvalue weighted by atomic mass is 32.1. The van der Waals surface area contributed by atoms with Crippen molar-refractivity contribution >= 4 is 17.4 Å². The van der Waals surface area contributed by atoms with E-state index in [9.17, 15) is 0 Å². The summed E-state index contributed by atoms with van der Waals surface area (Å²) in [7, 11) is 0. The number of hydrogen-bond donors (Lipinski definition) is 2. The molecule has 0 fully saturated rings. The van der Waals surface area contributed by atoms with E-state index in [0.717, 1.165) is 19.5 Å². The molecule has 0 aliphatic carbocycles. The number of nitrogens with one attached hydrogen (secondary N) is 2. The van der Waals surface area contributed by atoms with E-state index in [-0.39, 0.29) is 0 Å². The van der Waals surface area contributed by atoms with Crippen LogP contribution in [0.4, 0.5) is 6.01 Å². The van der Waals surface area contributed by atoms with Crippen molar-refractivity contribution in [3.05, 3.63) is 28.3 Å². The van der Waals surface area contributed by atoms with Crippen molar-refractivity contribution in [2.24, 2.45) is 5.92 Å². The van der Waals surface area contributed by atoms with Gasteiger partial charge in [0.25, 0.3) is 0 Å². The molecule has 2 rings (SSSR count). The first kappa shape index (κ1) is 14.0. The Morgan fingerprint density at radius 1 is 1.37 bits per heavy atom. The second-order valence-corrected chi connectivity index (χ2v) is 5.61. The summed E-state index contributed by atoms with van der Waals surface area (Å²) < 4.78 is 5.49. The van der Waals surface area contributed by atoms with Crippen molar-refractivity contribution < 1.29 is 4.42 Å². The largest absolute Gasteiger partial charge is 0.407 e. The molecule has 2 aromatic heterocycles. The van der Waals surface area contributed by atoms with Gasteiger partial charge in [-0.3, -0.25) is 0 Å². The summed E-state index contributed by atoms with van der Waals surface area (Å²) in [4.78, 5) is 0. The molecule has 0 radical (unpaired) electrons. The standard InChI is InChI=1S/C13H20N4OS/c1-10(2)7-14-8-12-16-17-13(18-12)15-5-3-11-4-6-19-9-11/h4,6,9-10,14H,3,5,7-8H2,1-2H3,(H,15,17). The van der Waals surface area contributed by atoms with Crippen LogP contribution in [0.3, 0.4) is 0 Å². The van der Waals surface area contributed by atoms with Crippen LogP contribution in [0, 0.1) is 5.92 Å². The molecule has 0 saturated carbocycles. The lowest BCUT2D eigenvalue weighted by Crippen LogP contribution is -2.19. The SMILES string of the molecule is CC(C)CNCc1nnc(NCCc2ccsc2)o1. The third kappa shape index (κ3) is 5.00. The number of nitrogens with zero attached hydrogens (tertiary/aromatic N) is 2. The Kier molecular flexibility index (Phi) is 5.35. The fourth-order valence-corrected chi connectivity index (χ4v) is 2.32. The number of thiophene rings is 1. The normalized spacial score (nSPS) is 11.1. The minimum atomic E-state index is 0.497. The molecule has 0 unspecified atom stereocenters. The van der Waals surface area contributed by atoms with Gasteiger partial charge >= 0.3 is 6.01 Å². The van der Waals surface area contributed by atoms with Gasteiger partial charge in [-0.05, 0) is 41.3 Å². The van der Waals surface area contributed by atoms with E-state index in [4.69, 9.17) is 4.42 Å². The molecule has 0 saturated heterocycles. The molecule has 0 aromatic carbocycles. The van der Waals surface area contributed by atoms with Gasteiger partial charge < -0.3 is 15.1 Å². The zero-order valence-corrected chi connectivity index (χ0v) is 12.2. The van der Waals surface area contributed by atoms with E-state index >= 15 is 0 Å². The molecule has 0 amide bonds. The molecular weight excluding hydrogens is 260 g/mol. The molecule has 0 bridgehead atoms. The summed E-state index contributed by atoms with van der Waals surface area (Å²) in [6.07, 6.45) is 0.965. The molecular formula is C13H20N4OS. The van der Waals surface area contributed by atoms with Gasteiger partial charge in [0.15, 0.2) is 0 Å². The average molecular weight is 280 g/mol. The predicted molar refractivity (Wildman–Crippen MR) is 77.4 cm³/mol. The maximum atomic E-state index is 5.49. The van der Waals surface area contributed by atoms with Crippen molar-refractivity contribution in [3.63, 3.8) is 0 Å². The topological polar surface area (TPSA) is 63.0 Å². The summed E-state index contributed by atoms with van der Waals surface area (Å²) >= 11 is 1.71. The Bertz CT molecular complexity index is 467. The van der Waals surface area contributed by atoms with Gasteiger partial charge in [0.1, 0.15) is 0 Å². The summed E-state index contributed by atoms with van der Waals surface area (Å²) in [5.41, 5.74) is 1.33. The van der Waals surface area contributed by atoms with Gasteiger partial charge in [-0.1, -0.05) is 18.9 Å². The van der Waals surface area contributed by atoms with Crippen LogP contribution in [0.2, 0.25) is 0 Å². The first-order chi connectivity index (χ1) is 9.24. The number of aromatic nitrogens is 2. The molecule has 0 aliphatic heterocycles. The van der Waals surface area contributed by atoms with Crippen LogP contribution in [0.15, 0.2) is 21.2 Å². The van der Waals surface area contributed by atoms with Crippen molar-refractivity contribution in [2.75, 3.05) is 18.4 Å². The van der Waals surface area contributed by atoms with E-state index in [1.807, 2.05) is 0 Å². The summed E-state index contributed by atoms with van der Waals surface area (Å²) in [5.74, 6) is 1.24. The Morgan fingerprint density at radius 2 is 2.26 bits per heavy atom. The summed E-state index contributed by atoms with van der Waals surface area (Å²) in [5, 5.41) is 18.6. The van der Waals surface area contributed by atoms with Crippen LogP contribution < -0.4 is 10.6 Å². The van der Waals surface area contributed by atoms with E-state index in [2.05, 4.69) is 51.5 Å². The van der Waals surface area contributed by atoms with E-state index in [1.165, 1.54) is 5.56 Å². The molecule has 2 heterocycles. The lowest BCUT2D eigenvalue weighted by Gasteiger charge is -2.03. The second kappa shape index (κ2) is 7.25. The van der Waals surface area contributed by atoms with Gasteiger partial charge in [-0.25, -0.2) is 0 Å². The smallest absolute Gasteiger partial charge is 0.315 e. The highest BCUT2D eigenvalue weighted by Crippen LogP contribution is 2.08. The number of hydrogen-bond acceptors (Lipinski definition) is 6. The van der Waals surface area contributed by atoms with Gasteiger partial charge in [0.05, 0.1) is 6.54 Å². The molecule has 0 spiro atoms. The fraction of sp³-hybridized carbons (Fsp3) is 0.538. The number of rotatable bonds is 8. The first-order valence-electron chi connectivity index (χ1n) is 6.52. The van der Waals surface area contributed by atoms with Crippen LogP contribution in [0.5, 0.6) is 0 Å². The van der Waals surface area contributed by atoms with E-state index < -0.39 is 0 Å². The minimum absolute atomic E-state index is 0.497. The molecule has 2 aromatic rings. The first-order valence-corrected chi connectivity index (χ1v) is 7.46. The van der Waals surface area contributed by atoms with Gasteiger partial charge in [0.2, 0.25) is 5.89 Å². The predicted octanol–water partition coefficient (Wildman–Crippen LogP) is 2.53. The average Bonchev–Trinajstić information content (AvgIpc) is 3.00. The van der Waals surface area contributed by atoms with Gasteiger partial charge in [-0.2, -0.15) is 11.3 Å². The van der Waals surface area contributed by atoms with Crippen LogP contribution in [0.1, 0.15) is 25.3 Å². The van der Waals surface area contributed by atoms with Crippen molar-refractivity contribution in [3.8, 4) is 0 Å². The monoisotopic (exact) mass is 280 g/mol. The Balaban J connectivity index is 1.68. The van der Waals surface area contributed by atoms with Crippen molar-refractivity contribution in [2.45, 2.75) is 26.8 Å². The third-order valence-electron chi connectivity index (χ3n) is 2.57. The molecule has 0 aliphatic rings. The van der Waals surface area contributed by atoms with Gasteiger partial charge in [-0.15, -0.1) is 5.10 Å². The molecule has 0 atom stereocenters. The molecule has 104 valence electrons.